The molecule has 6 heteroatoms. The molecule has 0 spiro atoms. The van der Waals surface area contributed by atoms with Crippen molar-refractivity contribution < 1.29 is 14.3 Å². The number of carboxylic acid groups (broad SMARTS) is 1. The quantitative estimate of drug-likeness (QED) is 0.910. The first-order valence-corrected chi connectivity index (χ1v) is 5.68. The zero-order chi connectivity index (χ0) is 12.4. The molecule has 0 aliphatic rings. The molecule has 17 heavy (non-hydrogen) atoms. The Kier molecular flexibility index (Phi) is 3.14. The molecule has 0 atom stereocenters. The molecule has 0 aromatic carbocycles. The van der Waals surface area contributed by atoms with Gasteiger partial charge < -0.3 is 5.11 Å². The smallest absolute Gasteiger partial charge is 0.308 e. The van der Waals surface area contributed by atoms with E-state index in [9.17, 15) is 9.18 Å². The third-order valence-corrected chi connectivity index (χ3v) is 3.33. The number of carboxylic acids is 1. The number of rotatable bonds is 3. The Bertz CT molecular complexity index is 568. The predicted octanol–water partition coefficient (Wildman–Crippen LogP) is 2.28. The first kappa shape index (κ1) is 11.7. The van der Waals surface area contributed by atoms with E-state index in [1.165, 1.54) is 18.3 Å². The molecule has 2 rings (SSSR count). The number of aromatic nitrogens is 2. The van der Waals surface area contributed by atoms with Gasteiger partial charge in [-0.3, -0.25) is 9.78 Å². The maximum absolute atomic E-state index is 13.5. The van der Waals surface area contributed by atoms with Gasteiger partial charge in [0.15, 0.2) is 5.82 Å². The van der Waals surface area contributed by atoms with Crippen LogP contribution in [0, 0.1) is 12.7 Å². The minimum Gasteiger partial charge on any atom is -0.481 e. The van der Waals surface area contributed by atoms with Crippen molar-refractivity contribution in [2.24, 2.45) is 0 Å². The number of halogens is 1. The lowest BCUT2D eigenvalue weighted by atomic mass is 10.3. The normalized spacial score (nSPS) is 10.5. The van der Waals surface area contributed by atoms with Crippen molar-refractivity contribution in [3.8, 4) is 10.7 Å². The van der Waals surface area contributed by atoms with Gasteiger partial charge in [0.05, 0.1) is 12.1 Å². The average Bonchev–Trinajstić information content (AvgIpc) is 2.60. The Labute approximate surface area is 101 Å². The summed E-state index contributed by atoms with van der Waals surface area (Å²) in [7, 11) is 0. The van der Waals surface area contributed by atoms with Crippen molar-refractivity contribution in [2.75, 3.05) is 0 Å². The molecule has 0 fully saturated rings. The highest BCUT2D eigenvalue weighted by Gasteiger charge is 2.15. The molecule has 88 valence electrons. The summed E-state index contributed by atoms with van der Waals surface area (Å²) in [4.78, 5) is 19.3. The van der Waals surface area contributed by atoms with Gasteiger partial charge in [0.25, 0.3) is 0 Å². The fourth-order valence-electron chi connectivity index (χ4n) is 1.37. The Morgan fingerprint density at radius 1 is 1.59 bits per heavy atom. The van der Waals surface area contributed by atoms with Crippen molar-refractivity contribution in [2.45, 2.75) is 13.3 Å². The van der Waals surface area contributed by atoms with Gasteiger partial charge in [-0.05, 0) is 19.1 Å². The van der Waals surface area contributed by atoms with E-state index >= 15 is 0 Å². The van der Waals surface area contributed by atoms with E-state index in [2.05, 4.69) is 9.97 Å². The molecule has 1 N–H and O–H groups in total. The molecule has 0 unspecified atom stereocenters. The van der Waals surface area contributed by atoms with Gasteiger partial charge in [0.1, 0.15) is 10.7 Å². The second kappa shape index (κ2) is 4.58. The number of pyridine rings is 1. The Hall–Kier alpha value is -1.82. The van der Waals surface area contributed by atoms with E-state index in [0.717, 1.165) is 11.3 Å². The van der Waals surface area contributed by atoms with E-state index in [-0.39, 0.29) is 12.1 Å². The van der Waals surface area contributed by atoms with Crippen LogP contribution in [0.2, 0.25) is 0 Å². The van der Waals surface area contributed by atoms with Crippen LogP contribution in [0.3, 0.4) is 0 Å². The van der Waals surface area contributed by atoms with Crippen molar-refractivity contribution in [1.82, 2.24) is 9.97 Å². The van der Waals surface area contributed by atoms with Crippen LogP contribution in [-0.2, 0) is 11.2 Å². The molecular formula is C11H9FN2O2S. The fraction of sp³-hybridized carbons (Fsp3) is 0.182. The van der Waals surface area contributed by atoms with Gasteiger partial charge >= 0.3 is 5.97 Å². The Morgan fingerprint density at radius 2 is 2.35 bits per heavy atom. The molecule has 0 aliphatic carbocycles. The van der Waals surface area contributed by atoms with Crippen LogP contribution in [0.15, 0.2) is 18.3 Å². The minimum atomic E-state index is -0.926. The van der Waals surface area contributed by atoms with E-state index in [4.69, 9.17) is 5.11 Å². The molecule has 4 nitrogen and oxygen atoms in total. The summed E-state index contributed by atoms with van der Waals surface area (Å²) in [6, 6.07) is 2.80. The van der Waals surface area contributed by atoms with E-state index in [1.54, 1.807) is 6.92 Å². The highest BCUT2D eigenvalue weighted by atomic mass is 32.1. The number of aryl methyl sites for hydroxylation is 1. The summed E-state index contributed by atoms with van der Waals surface area (Å²) in [6.07, 6.45) is 1.38. The molecule has 0 radical (unpaired) electrons. The largest absolute Gasteiger partial charge is 0.481 e. The van der Waals surface area contributed by atoms with E-state index in [1.807, 2.05) is 0 Å². The summed E-state index contributed by atoms with van der Waals surface area (Å²) < 4.78 is 13.5. The van der Waals surface area contributed by atoms with Gasteiger partial charge in [-0.1, -0.05) is 0 Å². The number of hydrogen-bond donors (Lipinski definition) is 1. The maximum atomic E-state index is 13.5. The van der Waals surface area contributed by atoms with Crippen molar-refractivity contribution >= 4 is 17.3 Å². The molecule has 0 amide bonds. The summed E-state index contributed by atoms with van der Waals surface area (Å²) in [5.41, 5.74) is 0.773. The molecule has 2 aromatic heterocycles. The second-order valence-electron chi connectivity index (χ2n) is 3.43. The lowest BCUT2D eigenvalue weighted by Crippen LogP contribution is -1.99. The second-order valence-corrected chi connectivity index (χ2v) is 4.52. The molecule has 0 saturated heterocycles. The zero-order valence-corrected chi connectivity index (χ0v) is 9.79. The molecule has 2 heterocycles. The number of aliphatic carboxylic acids is 1. The fourth-order valence-corrected chi connectivity index (χ4v) is 2.43. The summed E-state index contributed by atoms with van der Waals surface area (Å²) >= 11 is 1.16. The predicted molar refractivity (Wildman–Crippen MR) is 61.4 cm³/mol. The first-order chi connectivity index (χ1) is 8.08. The Morgan fingerprint density at radius 3 is 3.00 bits per heavy atom. The number of nitrogens with zero attached hydrogens (tertiary/aromatic N) is 2. The summed E-state index contributed by atoms with van der Waals surface area (Å²) in [5.74, 6) is -1.38. The molecule has 0 aliphatic heterocycles. The summed E-state index contributed by atoms with van der Waals surface area (Å²) in [5, 5.41) is 9.13. The van der Waals surface area contributed by atoms with Crippen LogP contribution in [0.25, 0.3) is 10.7 Å². The molecular weight excluding hydrogens is 243 g/mol. The van der Waals surface area contributed by atoms with Crippen LogP contribution in [-0.4, -0.2) is 21.0 Å². The van der Waals surface area contributed by atoms with Crippen LogP contribution in [0.4, 0.5) is 4.39 Å². The lowest BCUT2D eigenvalue weighted by molar-refractivity contribution is -0.136. The van der Waals surface area contributed by atoms with Crippen LogP contribution >= 0.6 is 11.3 Å². The molecule has 2 aromatic rings. The van der Waals surface area contributed by atoms with Crippen LogP contribution in [0.5, 0.6) is 0 Å². The monoisotopic (exact) mass is 252 g/mol. The van der Waals surface area contributed by atoms with Crippen molar-refractivity contribution in [3.63, 3.8) is 0 Å². The highest BCUT2D eigenvalue weighted by Crippen LogP contribution is 2.28. The number of carbonyl (C=O) groups is 1. The van der Waals surface area contributed by atoms with Gasteiger partial charge in [0, 0.05) is 11.1 Å². The molecule has 0 bridgehead atoms. The van der Waals surface area contributed by atoms with Crippen molar-refractivity contribution in [1.29, 1.82) is 0 Å². The molecule has 0 saturated carbocycles. The maximum Gasteiger partial charge on any atom is 0.308 e. The minimum absolute atomic E-state index is 0.0993. The van der Waals surface area contributed by atoms with Gasteiger partial charge in [-0.15, -0.1) is 11.3 Å². The van der Waals surface area contributed by atoms with Crippen LogP contribution < -0.4 is 0 Å². The standard InChI is InChI=1S/C11H9FN2O2S/c1-6-8(5-9(15)16)17-11(14-6)10-7(12)3-2-4-13-10/h2-4H,5H2,1H3,(H,15,16). The average molecular weight is 252 g/mol. The summed E-state index contributed by atoms with van der Waals surface area (Å²) in [6.45, 7) is 1.71. The van der Waals surface area contributed by atoms with Gasteiger partial charge in [-0.2, -0.15) is 0 Å². The third kappa shape index (κ3) is 2.47. The number of hydrogen-bond acceptors (Lipinski definition) is 4. The van der Waals surface area contributed by atoms with E-state index < -0.39 is 11.8 Å². The van der Waals surface area contributed by atoms with E-state index in [0.29, 0.717) is 15.6 Å². The SMILES string of the molecule is Cc1nc(-c2ncccc2F)sc1CC(=O)O. The van der Waals surface area contributed by atoms with Gasteiger partial charge in [-0.25, -0.2) is 9.37 Å². The van der Waals surface area contributed by atoms with Gasteiger partial charge in [0.2, 0.25) is 0 Å². The van der Waals surface area contributed by atoms with Crippen molar-refractivity contribution in [3.05, 3.63) is 34.7 Å². The lowest BCUT2D eigenvalue weighted by Gasteiger charge is -1.95. The number of thiazole rings is 1. The van der Waals surface area contributed by atoms with Crippen LogP contribution in [0.1, 0.15) is 10.6 Å². The first-order valence-electron chi connectivity index (χ1n) is 4.87. The highest BCUT2D eigenvalue weighted by molar-refractivity contribution is 7.15. The zero-order valence-electron chi connectivity index (χ0n) is 8.98. The Balaban J connectivity index is 2.41. The third-order valence-electron chi connectivity index (χ3n) is 2.17. The topological polar surface area (TPSA) is 63.1 Å².